The standard InChI is InChI=1S/C5H12O3/c1-2-3-4-5(6,7)8/h6-8H,2-4H2,1H3. The predicted molar refractivity (Wildman–Crippen MR) is 28.9 cm³/mol. The van der Waals surface area contributed by atoms with Crippen LogP contribution in [0.25, 0.3) is 0 Å². The van der Waals surface area contributed by atoms with Crippen LogP contribution in [0.2, 0.25) is 0 Å². The van der Waals surface area contributed by atoms with Crippen molar-refractivity contribution >= 4 is 0 Å². The van der Waals surface area contributed by atoms with E-state index in [1.807, 2.05) is 6.92 Å². The molecule has 3 heteroatoms. The number of aliphatic hydroxyl groups is 3. The normalized spacial score (nSPS) is 12.0. The molecule has 0 rings (SSSR count). The first-order chi connectivity index (χ1) is 3.56. The molecule has 0 aromatic carbocycles. The molecule has 0 saturated heterocycles. The molecule has 3 nitrogen and oxygen atoms in total. The average Bonchev–Trinajstić information content (AvgIpc) is 1.59. The first-order valence-corrected chi connectivity index (χ1v) is 2.73. The summed E-state index contributed by atoms with van der Waals surface area (Å²) in [6, 6.07) is 0. The molecule has 0 aliphatic rings. The fraction of sp³-hybridized carbons (Fsp3) is 1.00. The zero-order valence-electron chi connectivity index (χ0n) is 4.96. The molecule has 0 amide bonds. The summed E-state index contributed by atoms with van der Waals surface area (Å²) in [4.78, 5) is 0. The Kier molecular flexibility index (Phi) is 2.97. The van der Waals surface area contributed by atoms with Crippen LogP contribution in [-0.2, 0) is 0 Å². The van der Waals surface area contributed by atoms with E-state index in [1.54, 1.807) is 0 Å². The Hall–Kier alpha value is -0.120. The van der Waals surface area contributed by atoms with Crippen molar-refractivity contribution in [3.8, 4) is 0 Å². The molecule has 0 aliphatic carbocycles. The van der Waals surface area contributed by atoms with Crippen molar-refractivity contribution in [3.05, 3.63) is 0 Å². The highest BCUT2D eigenvalue weighted by Crippen LogP contribution is 2.05. The summed E-state index contributed by atoms with van der Waals surface area (Å²) in [5, 5.41) is 24.8. The zero-order valence-corrected chi connectivity index (χ0v) is 4.96. The van der Waals surface area contributed by atoms with Gasteiger partial charge in [-0.1, -0.05) is 13.3 Å². The molecule has 0 atom stereocenters. The summed E-state index contributed by atoms with van der Waals surface area (Å²) in [6.45, 7) is 1.91. The number of rotatable bonds is 3. The minimum atomic E-state index is -2.45. The largest absolute Gasteiger partial charge is 0.344 e. The van der Waals surface area contributed by atoms with Gasteiger partial charge in [-0.05, 0) is 6.42 Å². The molecule has 0 unspecified atom stereocenters. The monoisotopic (exact) mass is 120 g/mol. The van der Waals surface area contributed by atoms with Gasteiger partial charge in [0.25, 0.3) is 5.97 Å². The highest BCUT2D eigenvalue weighted by atomic mass is 16.7. The van der Waals surface area contributed by atoms with Crippen LogP contribution in [0.3, 0.4) is 0 Å². The van der Waals surface area contributed by atoms with Gasteiger partial charge in [0, 0.05) is 6.42 Å². The molecule has 0 spiro atoms. The molecule has 0 radical (unpaired) electrons. The highest BCUT2D eigenvalue weighted by molar-refractivity contribution is 4.45. The minimum absolute atomic E-state index is 0.0312. The van der Waals surface area contributed by atoms with Crippen molar-refractivity contribution in [2.24, 2.45) is 0 Å². The fourth-order valence-corrected chi connectivity index (χ4v) is 0.414. The summed E-state index contributed by atoms with van der Waals surface area (Å²) in [6.07, 6.45) is 1.51. The predicted octanol–water partition coefficient (Wildman–Crippen LogP) is -0.193. The summed E-state index contributed by atoms with van der Waals surface area (Å²) >= 11 is 0. The van der Waals surface area contributed by atoms with Crippen LogP contribution < -0.4 is 0 Å². The molecule has 0 aliphatic heterocycles. The molecule has 3 N–H and O–H groups in total. The van der Waals surface area contributed by atoms with Gasteiger partial charge < -0.3 is 15.3 Å². The first kappa shape index (κ1) is 7.88. The molecular formula is C5H12O3. The van der Waals surface area contributed by atoms with Gasteiger partial charge in [-0.2, -0.15) is 0 Å². The molecule has 0 fully saturated rings. The van der Waals surface area contributed by atoms with Crippen LogP contribution in [-0.4, -0.2) is 21.3 Å². The van der Waals surface area contributed by atoms with Crippen LogP contribution >= 0.6 is 0 Å². The van der Waals surface area contributed by atoms with Gasteiger partial charge in [-0.3, -0.25) is 0 Å². The van der Waals surface area contributed by atoms with Gasteiger partial charge in [0.2, 0.25) is 0 Å². The maximum absolute atomic E-state index is 8.26. The Bertz CT molecular complexity index is 55.2. The maximum Gasteiger partial charge on any atom is 0.275 e. The van der Waals surface area contributed by atoms with Crippen LogP contribution in [0.4, 0.5) is 0 Å². The number of hydrogen-bond acceptors (Lipinski definition) is 3. The van der Waals surface area contributed by atoms with E-state index in [4.69, 9.17) is 15.3 Å². The molecule has 0 saturated carbocycles. The molecule has 50 valence electrons. The van der Waals surface area contributed by atoms with Crippen LogP contribution in [0.15, 0.2) is 0 Å². The minimum Gasteiger partial charge on any atom is -0.344 e. The van der Waals surface area contributed by atoms with E-state index in [-0.39, 0.29) is 6.42 Å². The Morgan fingerprint density at radius 2 is 1.75 bits per heavy atom. The van der Waals surface area contributed by atoms with Crippen molar-refractivity contribution < 1.29 is 15.3 Å². The molecule has 0 aromatic heterocycles. The van der Waals surface area contributed by atoms with Crippen molar-refractivity contribution in [1.82, 2.24) is 0 Å². The third-order valence-electron chi connectivity index (χ3n) is 0.866. The lowest BCUT2D eigenvalue weighted by molar-refractivity contribution is -0.314. The second kappa shape index (κ2) is 3.02. The Labute approximate surface area is 48.6 Å². The lowest BCUT2D eigenvalue weighted by Crippen LogP contribution is -2.26. The second-order valence-electron chi connectivity index (χ2n) is 1.88. The topological polar surface area (TPSA) is 60.7 Å². The van der Waals surface area contributed by atoms with Crippen molar-refractivity contribution in [1.29, 1.82) is 0 Å². The molecule has 0 bridgehead atoms. The number of unbranched alkanes of at least 4 members (excludes halogenated alkanes) is 1. The SMILES string of the molecule is CCCCC(O)(O)O. The first-order valence-electron chi connectivity index (χ1n) is 2.73. The van der Waals surface area contributed by atoms with Crippen LogP contribution in [0.5, 0.6) is 0 Å². The third-order valence-corrected chi connectivity index (χ3v) is 0.866. The Morgan fingerprint density at radius 1 is 1.25 bits per heavy atom. The van der Waals surface area contributed by atoms with E-state index in [1.165, 1.54) is 0 Å². The van der Waals surface area contributed by atoms with Crippen LogP contribution in [0.1, 0.15) is 26.2 Å². The highest BCUT2D eigenvalue weighted by Gasteiger charge is 2.15. The van der Waals surface area contributed by atoms with Crippen molar-refractivity contribution in [2.75, 3.05) is 0 Å². The second-order valence-corrected chi connectivity index (χ2v) is 1.88. The Balaban J connectivity index is 3.11. The summed E-state index contributed by atoms with van der Waals surface area (Å²) in [7, 11) is 0. The number of hydrogen-bond donors (Lipinski definition) is 3. The fourth-order valence-electron chi connectivity index (χ4n) is 0.414. The van der Waals surface area contributed by atoms with E-state index in [0.717, 1.165) is 6.42 Å². The van der Waals surface area contributed by atoms with Crippen molar-refractivity contribution in [2.45, 2.75) is 32.2 Å². The van der Waals surface area contributed by atoms with E-state index in [2.05, 4.69) is 0 Å². The van der Waals surface area contributed by atoms with Gasteiger partial charge >= 0.3 is 0 Å². The lowest BCUT2D eigenvalue weighted by Gasteiger charge is -2.11. The zero-order chi connectivity index (χ0) is 6.62. The Morgan fingerprint density at radius 3 is 1.88 bits per heavy atom. The average molecular weight is 120 g/mol. The van der Waals surface area contributed by atoms with Gasteiger partial charge in [0.1, 0.15) is 0 Å². The van der Waals surface area contributed by atoms with E-state index < -0.39 is 5.97 Å². The molecular weight excluding hydrogens is 108 g/mol. The lowest BCUT2D eigenvalue weighted by atomic mass is 10.2. The summed E-state index contributed by atoms with van der Waals surface area (Å²) < 4.78 is 0. The van der Waals surface area contributed by atoms with E-state index in [0.29, 0.717) is 6.42 Å². The van der Waals surface area contributed by atoms with Gasteiger partial charge in [-0.15, -0.1) is 0 Å². The summed E-state index contributed by atoms with van der Waals surface area (Å²) in [5.41, 5.74) is 0. The molecule has 0 heterocycles. The van der Waals surface area contributed by atoms with Crippen molar-refractivity contribution in [3.63, 3.8) is 0 Å². The third kappa shape index (κ3) is 5.88. The molecule has 8 heavy (non-hydrogen) atoms. The van der Waals surface area contributed by atoms with Gasteiger partial charge in [-0.25, -0.2) is 0 Å². The van der Waals surface area contributed by atoms with E-state index >= 15 is 0 Å². The van der Waals surface area contributed by atoms with Gasteiger partial charge in [0.05, 0.1) is 0 Å². The van der Waals surface area contributed by atoms with E-state index in [9.17, 15) is 0 Å². The molecule has 0 aromatic rings. The van der Waals surface area contributed by atoms with Gasteiger partial charge in [0.15, 0.2) is 0 Å². The van der Waals surface area contributed by atoms with Crippen LogP contribution in [0, 0.1) is 0 Å². The smallest absolute Gasteiger partial charge is 0.275 e. The maximum atomic E-state index is 8.26. The quantitative estimate of drug-likeness (QED) is 0.452. The summed E-state index contributed by atoms with van der Waals surface area (Å²) in [5.74, 6) is -2.45.